The second-order valence-electron chi connectivity index (χ2n) is 4.43. The van der Waals surface area contributed by atoms with E-state index in [0.717, 1.165) is 12.1 Å². The minimum Gasteiger partial charge on any atom is -0.494 e. The molecule has 1 aromatic carbocycles. The molecule has 0 unspecified atom stereocenters. The molecule has 4 nitrogen and oxygen atoms in total. The van der Waals surface area contributed by atoms with Crippen molar-refractivity contribution in [3.05, 3.63) is 46.6 Å². The second kappa shape index (κ2) is 6.45. The largest absolute Gasteiger partial charge is 0.494 e. The van der Waals surface area contributed by atoms with Crippen molar-refractivity contribution in [2.45, 2.75) is 6.18 Å². The summed E-state index contributed by atoms with van der Waals surface area (Å²) in [5.74, 6) is -0.546. The number of methoxy groups -OCH3 is 2. The molecular weight excluding hydrogens is 335 g/mol. The Morgan fingerprint density at radius 3 is 2.39 bits per heavy atom. The average molecular weight is 346 g/mol. The summed E-state index contributed by atoms with van der Waals surface area (Å²) in [4.78, 5) is 15.8. The van der Waals surface area contributed by atoms with Crippen LogP contribution in [0, 0.1) is 0 Å². The number of carbonyl (C=O) groups excluding carboxylic acids is 1. The third-order valence-corrected chi connectivity index (χ3v) is 3.34. The molecule has 0 bridgehead atoms. The van der Waals surface area contributed by atoms with Crippen molar-refractivity contribution in [2.75, 3.05) is 14.2 Å². The normalized spacial score (nSPS) is 11.2. The Bertz CT molecular complexity index is 747. The van der Waals surface area contributed by atoms with E-state index in [1.807, 2.05) is 0 Å². The van der Waals surface area contributed by atoms with E-state index in [2.05, 4.69) is 9.72 Å². The number of nitrogens with zero attached hydrogens (tertiary/aromatic N) is 1. The molecule has 0 fully saturated rings. The van der Waals surface area contributed by atoms with Crippen LogP contribution in [0.5, 0.6) is 5.75 Å². The molecule has 0 amide bonds. The molecule has 0 saturated heterocycles. The summed E-state index contributed by atoms with van der Waals surface area (Å²) in [7, 11) is 2.54. The number of hydrogen-bond donors (Lipinski definition) is 0. The maximum absolute atomic E-state index is 12.7. The molecule has 0 atom stereocenters. The zero-order valence-electron chi connectivity index (χ0n) is 12.1. The highest BCUT2D eigenvalue weighted by Gasteiger charge is 2.31. The number of ether oxygens (including phenoxy) is 2. The van der Waals surface area contributed by atoms with Gasteiger partial charge in [-0.15, -0.1) is 0 Å². The number of halogens is 4. The van der Waals surface area contributed by atoms with Gasteiger partial charge in [0.25, 0.3) is 0 Å². The first-order valence-electron chi connectivity index (χ1n) is 6.28. The van der Waals surface area contributed by atoms with E-state index in [9.17, 15) is 18.0 Å². The number of hydrogen-bond acceptors (Lipinski definition) is 4. The van der Waals surface area contributed by atoms with Crippen molar-refractivity contribution in [2.24, 2.45) is 0 Å². The predicted octanol–water partition coefficient (Wildman–Crippen LogP) is 4.22. The van der Waals surface area contributed by atoms with E-state index in [1.165, 1.54) is 32.4 Å². The molecule has 122 valence electrons. The topological polar surface area (TPSA) is 48.4 Å². The van der Waals surface area contributed by atoms with E-state index < -0.39 is 17.7 Å². The van der Waals surface area contributed by atoms with Gasteiger partial charge in [-0.3, -0.25) is 0 Å². The first kappa shape index (κ1) is 17.1. The van der Waals surface area contributed by atoms with Gasteiger partial charge in [-0.1, -0.05) is 17.7 Å². The van der Waals surface area contributed by atoms with Crippen LogP contribution in [-0.2, 0) is 10.9 Å². The quantitative estimate of drug-likeness (QED) is 0.782. The molecule has 0 aliphatic rings. The van der Waals surface area contributed by atoms with Gasteiger partial charge in [0.1, 0.15) is 0 Å². The van der Waals surface area contributed by atoms with Gasteiger partial charge in [-0.25, -0.2) is 9.78 Å². The number of rotatable bonds is 3. The molecule has 0 N–H and O–H groups in total. The maximum atomic E-state index is 12.7. The lowest BCUT2D eigenvalue weighted by Crippen LogP contribution is -2.08. The van der Waals surface area contributed by atoms with Gasteiger partial charge in [-0.2, -0.15) is 13.2 Å². The summed E-state index contributed by atoms with van der Waals surface area (Å²) in [6.07, 6.45) is -4.49. The molecule has 23 heavy (non-hydrogen) atoms. The minimum atomic E-state index is -4.49. The highest BCUT2D eigenvalue weighted by molar-refractivity contribution is 6.33. The van der Waals surface area contributed by atoms with Crippen LogP contribution in [-0.4, -0.2) is 25.2 Å². The zero-order chi connectivity index (χ0) is 17.2. The zero-order valence-corrected chi connectivity index (χ0v) is 12.8. The van der Waals surface area contributed by atoms with Crippen LogP contribution in [0.2, 0.25) is 5.02 Å². The van der Waals surface area contributed by atoms with Crippen LogP contribution in [0.3, 0.4) is 0 Å². The number of aromatic nitrogens is 1. The van der Waals surface area contributed by atoms with Crippen LogP contribution in [0.15, 0.2) is 30.3 Å². The van der Waals surface area contributed by atoms with Gasteiger partial charge < -0.3 is 9.47 Å². The SMILES string of the molecule is COC(=O)c1nc(-c2ccc(C(F)(F)F)cc2Cl)ccc1OC. The van der Waals surface area contributed by atoms with E-state index in [0.29, 0.717) is 0 Å². The molecule has 1 heterocycles. The molecular formula is C15H11ClF3NO3. The fourth-order valence-corrected chi connectivity index (χ4v) is 2.18. The number of pyridine rings is 1. The van der Waals surface area contributed by atoms with Gasteiger partial charge in [0.15, 0.2) is 11.4 Å². The van der Waals surface area contributed by atoms with Gasteiger partial charge in [-0.05, 0) is 24.3 Å². The highest BCUT2D eigenvalue weighted by atomic mass is 35.5. The van der Waals surface area contributed by atoms with E-state index in [4.69, 9.17) is 16.3 Å². The molecule has 8 heteroatoms. The molecule has 2 aromatic rings. The van der Waals surface area contributed by atoms with Gasteiger partial charge in [0.05, 0.1) is 30.5 Å². The Morgan fingerprint density at radius 2 is 1.87 bits per heavy atom. The van der Waals surface area contributed by atoms with Crippen molar-refractivity contribution in [1.29, 1.82) is 0 Å². The first-order valence-corrected chi connectivity index (χ1v) is 6.66. The van der Waals surface area contributed by atoms with Crippen molar-refractivity contribution in [1.82, 2.24) is 4.98 Å². The van der Waals surface area contributed by atoms with Crippen LogP contribution in [0.25, 0.3) is 11.3 Å². The smallest absolute Gasteiger partial charge is 0.416 e. The fourth-order valence-electron chi connectivity index (χ4n) is 1.90. The summed E-state index contributed by atoms with van der Waals surface area (Å²) in [5.41, 5.74) is -0.478. The van der Waals surface area contributed by atoms with Crippen molar-refractivity contribution in [3.8, 4) is 17.0 Å². The predicted molar refractivity (Wildman–Crippen MR) is 77.6 cm³/mol. The third-order valence-electron chi connectivity index (χ3n) is 3.03. The lowest BCUT2D eigenvalue weighted by atomic mass is 10.1. The summed E-state index contributed by atoms with van der Waals surface area (Å²) in [6.45, 7) is 0. The lowest BCUT2D eigenvalue weighted by Gasteiger charge is -2.11. The molecule has 0 spiro atoms. The van der Waals surface area contributed by atoms with E-state index in [1.54, 1.807) is 0 Å². The third kappa shape index (κ3) is 3.56. The Hall–Kier alpha value is -2.28. The van der Waals surface area contributed by atoms with Gasteiger partial charge in [0, 0.05) is 5.56 Å². The Kier molecular flexibility index (Phi) is 4.79. The van der Waals surface area contributed by atoms with Gasteiger partial charge >= 0.3 is 12.1 Å². The van der Waals surface area contributed by atoms with Crippen molar-refractivity contribution < 1.29 is 27.4 Å². The summed E-state index contributed by atoms with van der Waals surface area (Å²) in [5, 5.41) is -0.131. The summed E-state index contributed by atoms with van der Waals surface area (Å²) >= 11 is 5.92. The Balaban J connectivity index is 2.53. The Labute approximate surface area is 134 Å². The molecule has 0 aliphatic heterocycles. The number of esters is 1. The number of carbonyl (C=O) groups is 1. The minimum absolute atomic E-state index is 0.0940. The molecule has 0 radical (unpaired) electrons. The molecule has 1 aromatic heterocycles. The highest BCUT2D eigenvalue weighted by Crippen LogP contribution is 2.35. The van der Waals surface area contributed by atoms with Crippen LogP contribution in [0.1, 0.15) is 16.1 Å². The second-order valence-corrected chi connectivity index (χ2v) is 4.84. The standard InChI is InChI=1S/C15H11ClF3NO3/c1-22-12-6-5-11(20-13(12)14(21)23-2)9-4-3-8(7-10(9)16)15(17,18)19/h3-7H,1-2H3. The van der Waals surface area contributed by atoms with Crippen LogP contribution < -0.4 is 4.74 Å². The molecule has 0 saturated carbocycles. The van der Waals surface area contributed by atoms with E-state index in [-0.39, 0.29) is 27.7 Å². The molecule has 2 rings (SSSR count). The van der Waals surface area contributed by atoms with Crippen molar-refractivity contribution >= 4 is 17.6 Å². The van der Waals surface area contributed by atoms with E-state index >= 15 is 0 Å². The average Bonchev–Trinajstić information content (AvgIpc) is 2.52. The first-order chi connectivity index (χ1) is 10.8. The van der Waals surface area contributed by atoms with Gasteiger partial charge in [0.2, 0.25) is 0 Å². The lowest BCUT2D eigenvalue weighted by molar-refractivity contribution is -0.137. The monoisotopic (exact) mass is 345 g/mol. The van der Waals surface area contributed by atoms with Crippen LogP contribution >= 0.6 is 11.6 Å². The van der Waals surface area contributed by atoms with Crippen molar-refractivity contribution in [3.63, 3.8) is 0 Å². The fraction of sp³-hybridized carbons (Fsp3) is 0.200. The number of alkyl halides is 3. The summed E-state index contributed by atoms with van der Waals surface area (Å²) in [6, 6.07) is 5.84. The molecule has 0 aliphatic carbocycles. The van der Waals surface area contributed by atoms with Crippen LogP contribution in [0.4, 0.5) is 13.2 Å². The maximum Gasteiger partial charge on any atom is 0.416 e. The summed E-state index contributed by atoms with van der Waals surface area (Å²) < 4.78 is 47.6. The number of benzene rings is 1. The Morgan fingerprint density at radius 1 is 1.17 bits per heavy atom.